The molecule has 0 atom stereocenters. The number of halogens is 1. The van der Waals surface area contributed by atoms with Gasteiger partial charge in [-0.1, -0.05) is 48.5 Å². The Morgan fingerprint density at radius 3 is 2.16 bits per heavy atom. The summed E-state index contributed by atoms with van der Waals surface area (Å²) in [5.74, 6) is 0.173. The van der Waals surface area contributed by atoms with E-state index in [0.29, 0.717) is 11.3 Å². The van der Waals surface area contributed by atoms with Gasteiger partial charge in [0, 0.05) is 16.6 Å². The third-order valence-corrected chi connectivity index (χ3v) is 4.18. The van der Waals surface area contributed by atoms with E-state index in [9.17, 15) is 9.50 Å². The molecule has 0 aliphatic carbocycles. The number of phenols is 1. The van der Waals surface area contributed by atoms with E-state index in [0.717, 1.165) is 16.6 Å². The molecular formula is C22H20FNO. The molecule has 126 valence electrons. The summed E-state index contributed by atoms with van der Waals surface area (Å²) in [6.07, 6.45) is 0. The summed E-state index contributed by atoms with van der Waals surface area (Å²) >= 11 is 0. The minimum Gasteiger partial charge on any atom is -0.508 e. The van der Waals surface area contributed by atoms with Gasteiger partial charge >= 0.3 is 0 Å². The number of H-pyrrole nitrogens is 1. The lowest BCUT2D eigenvalue weighted by molar-refractivity contribution is 0.476. The van der Waals surface area contributed by atoms with Crippen LogP contribution in [0.2, 0.25) is 0 Å². The minimum atomic E-state index is -0.132. The van der Waals surface area contributed by atoms with Crippen LogP contribution in [0.3, 0.4) is 0 Å². The number of benzene rings is 3. The van der Waals surface area contributed by atoms with Gasteiger partial charge in [0.1, 0.15) is 11.6 Å². The number of aromatic nitrogens is 1. The Morgan fingerprint density at radius 2 is 1.52 bits per heavy atom. The summed E-state index contributed by atoms with van der Waals surface area (Å²) in [7, 11) is 0. The third kappa shape index (κ3) is 3.72. The monoisotopic (exact) mass is 333 g/mol. The first kappa shape index (κ1) is 16.8. The second kappa shape index (κ2) is 7.22. The van der Waals surface area contributed by atoms with Gasteiger partial charge in [0.05, 0.1) is 0 Å². The van der Waals surface area contributed by atoms with Crippen LogP contribution < -0.4 is 0 Å². The van der Waals surface area contributed by atoms with Crippen LogP contribution in [0.5, 0.6) is 5.75 Å². The van der Waals surface area contributed by atoms with Crippen LogP contribution >= 0.6 is 0 Å². The molecule has 4 aromatic rings. The van der Waals surface area contributed by atoms with E-state index in [1.165, 1.54) is 17.2 Å². The summed E-state index contributed by atoms with van der Waals surface area (Å²) in [6.45, 7) is 3.82. The molecule has 0 amide bonds. The first-order chi connectivity index (χ1) is 12.1. The maximum absolute atomic E-state index is 12.3. The average molecular weight is 333 g/mol. The second-order valence-corrected chi connectivity index (χ2v) is 5.97. The Kier molecular flexibility index (Phi) is 4.85. The number of rotatable bonds is 1. The summed E-state index contributed by atoms with van der Waals surface area (Å²) in [5.41, 5.74) is 5.21. The van der Waals surface area contributed by atoms with Gasteiger partial charge in [0.15, 0.2) is 0 Å². The molecular weight excluding hydrogens is 313 g/mol. The minimum absolute atomic E-state index is 0.132. The Balaban J connectivity index is 0.000000192. The van der Waals surface area contributed by atoms with E-state index in [4.69, 9.17) is 0 Å². The third-order valence-electron chi connectivity index (χ3n) is 4.18. The predicted molar refractivity (Wildman–Crippen MR) is 101 cm³/mol. The molecule has 0 fully saturated rings. The van der Waals surface area contributed by atoms with Gasteiger partial charge in [0.25, 0.3) is 0 Å². The zero-order valence-corrected chi connectivity index (χ0v) is 14.3. The smallest absolute Gasteiger partial charge is 0.126 e. The lowest BCUT2D eigenvalue weighted by atomic mass is 10.1. The van der Waals surface area contributed by atoms with Crippen molar-refractivity contribution in [1.82, 2.24) is 4.98 Å². The maximum Gasteiger partial charge on any atom is 0.126 e. The zero-order valence-electron chi connectivity index (χ0n) is 14.3. The van der Waals surface area contributed by atoms with Crippen molar-refractivity contribution in [3.63, 3.8) is 0 Å². The van der Waals surface area contributed by atoms with E-state index in [1.54, 1.807) is 31.2 Å². The maximum atomic E-state index is 12.3. The number of hydrogen-bond acceptors (Lipinski definition) is 1. The number of nitrogens with one attached hydrogen (secondary N) is 1. The molecule has 0 saturated carbocycles. The highest BCUT2D eigenvalue weighted by atomic mass is 19.1. The normalized spacial score (nSPS) is 10.4. The average Bonchev–Trinajstić information content (AvgIpc) is 2.95. The topological polar surface area (TPSA) is 36.0 Å². The first-order valence-electron chi connectivity index (χ1n) is 8.14. The van der Waals surface area contributed by atoms with Crippen LogP contribution in [-0.2, 0) is 0 Å². The standard InChI is InChI=1S/C15H13NO.C7H7F/c1-10-13-9-12(17)7-8-14(13)16-15(10)11-5-3-2-4-6-11;1-6-4-2-3-5-7(6)8/h2-9,16-17H,1H3;2-5H,1H3. The molecule has 3 heteroatoms. The van der Waals surface area contributed by atoms with Gasteiger partial charge in [-0.05, 0) is 54.8 Å². The number of fused-ring (bicyclic) bond motifs is 1. The van der Waals surface area contributed by atoms with Gasteiger partial charge in [-0.25, -0.2) is 4.39 Å². The Morgan fingerprint density at radius 1 is 0.840 bits per heavy atom. The van der Waals surface area contributed by atoms with Crippen LogP contribution in [0.4, 0.5) is 4.39 Å². The van der Waals surface area contributed by atoms with Gasteiger partial charge in [-0.2, -0.15) is 0 Å². The Bertz CT molecular complexity index is 969. The molecule has 25 heavy (non-hydrogen) atoms. The van der Waals surface area contributed by atoms with Crippen molar-refractivity contribution in [3.05, 3.63) is 89.7 Å². The summed E-state index contributed by atoms with van der Waals surface area (Å²) in [4.78, 5) is 3.40. The van der Waals surface area contributed by atoms with Crippen molar-refractivity contribution in [2.75, 3.05) is 0 Å². The van der Waals surface area contributed by atoms with Gasteiger partial charge < -0.3 is 10.1 Å². The molecule has 3 aromatic carbocycles. The second-order valence-electron chi connectivity index (χ2n) is 5.97. The Labute approximate surface area is 146 Å². The van der Waals surface area contributed by atoms with Crippen molar-refractivity contribution in [2.45, 2.75) is 13.8 Å². The highest BCUT2D eigenvalue weighted by Gasteiger charge is 2.09. The van der Waals surface area contributed by atoms with Crippen LogP contribution in [0.1, 0.15) is 11.1 Å². The fraction of sp³-hybridized carbons (Fsp3) is 0.0909. The van der Waals surface area contributed by atoms with Crippen molar-refractivity contribution in [1.29, 1.82) is 0 Å². The summed E-state index contributed by atoms with van der Waals surface area (Å²) in [6, 6.07) is 22.3. The fourth-order valence-corrected chi connectivity index (χ4v) is 2.76. The van der Waals surface area contributed by atoms with E-state index >= 15 is 0 Å². The largest absolute Gasteiger partial charge is 0.508 e. The van der Waals surface area contributed by atoms with Gasteiger partial charge in [0.2, 0.25) is 0 Å². The lowest BCUT2D eigenvalue weighted by Gasteiger charge is -1.99. The van der Waals surface area contributed by atoms with E-state index < -0.39 is 0 Å². The molecule has 1 heterocycles. The van der Waals surface area contributed by atoms with Gasteiger partial charge in [-0.15, -0.1) is 0 Å². The van der Waals surface area contributed by atoms with Gasteiger partial charge in [-0.3, -0.25) is 0 Å². The molecule has 1 aromatic heterocycles. The fourth-order valence-electron chi connectivity index (χ4n) is 2.76. The van der Waals surface area contributed by atoms with E-state index in [-0.39, 0.29) is 5.82 Å². The molecule has 0 radical (unpaired) electrons. The quantitative estimate of drug-likeness (QED) is 0.441. The van der Waals surface area contributed by atoms with E-state index in [1.807, 2.05) is 30.3 Å². The summed E-state index contributed by atoms with van der Waals surface area (Å²) < 4.78 is 12.3. The SMILES string of the molecule is Cc1c(-c2ccccc2)[nH]c2ccc(O)cc12.Cc1ccccc1F. The molecule has 0 aliphatic heterocycles. The molecule has 2 nitrogen and oxygen atoms in total. The summed E-state index contributed by atoms with van der Waals surface area (Å²) in [5, 5.41) is 10.6. The predicted octanol–water partition coefficient (Wildman–Crippen LogP) is 5.98. The molecule has 0 saturated heterocycles. The lowest BCUT2D eigenvalue weighted by Crippen LogP contribution is -1.78. The molecule has 0 unspecified atom stereocenters. The van der Waals surface area contributed by atoms with Crippen molar-refractivity contribution >= 4 is 10.9 Å². The zero-order chi connectivity index (χ0) is 17.8. The Hall–Kier alpha value is -3.07. The molecule has 0 spiro atoms. The molecule has 2 N–H and O–H groups in total. The van der Waals surface area contributed by atoms with Crippen LogP contribution in [0.25, 0.3) is 22.2 Å². The number of phenolic OH excluding ortho intramolecular Hbond substituents is 1. The number of aryl methyl sites for hydroxylation is 2. The highest BCUT2D eigenvalue weighted by Crippen LogP contribution is 2.31. The molecule has 0 aliphatic rings. The van der Waals surface area contributed by atoms with Crippen molar-refractivity contribution in [3.8, 4) is 17.0 Å². The van der Waals surface area contributed by atoms with E-state index in [2.05, 4.69) is 24.0 Å². The van der Waals surface area contributed by atoms with Crippen LogP contribution in [-0.4, -0.2) is 10.1 Å². The van der Waals surface area contributed by atoms with Crippen LogP contribution in [0, 0.1) is 19.7 Å². The number of aromatic hydroxyl groups is 1. The first-order valence-corrected chi connectivity index (χ1v) is 8.14. The molecule has 4 rings (SSSR count). The van der Waals surface area contributed by atoms with Crippen molar-refractivity contribution in [2.24, 2.45) is 0 Å². The number of aromatic amines is 1. The van der Waals surface area contributed by atoms with Crippen LogP contribution in [0.15, 0.2) is 72.8 Å². The molecule has 0 bridgehead atoms. The highest BCUT2D eigenvalue weighted by molar-refractivity contribution is 5.91. The number of hydrogen-bond donors (Lipinski definition) is 2. The van der Waals surface area contributed by atoms with Crippen molar-refractivity contribution < 1.29 is 9.50 Å².